The van der Waals surface area contributed by atoms with Gasteiger partial charge in [-0.25, -0.2) is 0 Å². The van der Waals surface area contributed by atoms with Crippen LogP contribution in [-0.4, -0.2) is 39.6 Å². The zero-order chi connectivity index (χ0) is 33.7. The number of benzene rings is 1. The minimum absolute atomic E-state index is 0.313. The van der Waals surface area contributed by atoms with Crippen molar-refractivity contribution in [3.63, 3.8) is 0 Å². The fourth-order valence-electron chi connectivity index (χ4n) is 6.42. The van der Waals surface area contributed by atoms with E-state index in [-0.39, 0.29) is 0 Å². The fourth-order valence-corrected chi connectivity index (χ4v) is 16.4. The third-order valence-corrected chi connectivity index (χ3v) is 18.6. The van der Waals surface area contributed by atoms with E-state index in [9.17, 15) is 8.42 Å². The second-order valence-corrected chi connectivity index (χ2v) is 21.4. The number of rotatable bonds is 29. The summed E-state index contributed by atoms with van der Waals surface area (Å²) >= 11 is 0. The van der Waals surface area contributed by atoms with Gasteiger partial charge in [0.2, 0.25) is 0 Å². The predicted octanol–water partition coefficient (Wildman–Crippen LogP) is 12.8. The molecule has 1 aromatic rings. The molecule has 1 rings (SSSR count). The van der Waals surface area contributed by atoms with E-state index in [2.05, 4.69) is 34.6 Å². The molecule has 0 spiro atoms. The van der Waals surface area contributed by atoms with E-state index in [4.69, 9.17) is 9.70 Å². The van der Waals surface area contributed by atoms with E-state index in [0.29, 0.717) is 4.90 Å². The summed E-state index contributed by atoms with van der Waals surface area (Å²) in [5.41, 5.74) is 6.53. The van der Waals surface area contributed by atoms with Crippen LogP contribution in [0.5, 0.6) is 0 Å². The number of unbranched alkanes of at least 4 members (excludes halogenated alkanes) is 17. The first-order chi connectivity index (χ1) is 21.7. The van der Waals surface area contributed by atoms with Gasteiger partial charge >= 0.3 is 175 Å². The van der Waals surface area contributed by atoms with Gasteiger partial charge in [-0.2, -0.15) is 0 Å². The molecule has 0 unspecified atom stereocenters. The Labute approximate surface area is 283 Å². The summed E-state index contributed by atoms with van der Waals surface area (Å²) in [4.78, 5) is 0.313. The molecule has 268 valence electrons. The van der Waals surface area contributed by atoms with Crippen LogP contribution in [0.25, 0.3) is 0 Å². The molecule has 0 atom stereocenters. The van der Waals surface area contributed by atoms with Crippen molar-refractivity contribution in [2.75, 3.05) is 31.2 Å². The second kappa shape index (κ2) is 27.5. The van der Waals surface area contributed by atoms with Crippen LogP contribution in [-0.2, 0) is 14.1 Å². The molecule has 4 nitrogen and oxygen atoms in total. The van der Waals surface area contributed by atoms with Gasteiger partial charge in [0.15, 0.2) is 0 Å². The zero-order valence-electron chi connectivity index (χ0n) is 31.1. The molecule has 0 fully saturated rings. The number of nitrogens with two attached hydrogens (primary N) is 1. The third kappa shape index (κ3) is 20.5. The van der Waals surface area contributed by atoms with Crippen LogP contribution >= 0.6 is 6.83 Å². The Morgan fingerprint density at radius 2 is 0.822 bits per heavy atom. The van der Waals surface area contributed by atoms with Gasteiger partial charge in [0.05, 0.1) is 0 Å². The topological polar surface area (TPSA) is 69.4 Å². The molecule has 0 bridgehead atoms. The van der Waals surface area contributed by atoms with Gasteiger partial charge in [0, 0.05) is 0 Å². The van der Waals surface area contributed by atoms with Gasteiger partial charge in [-0.3, -0.25) is 0 Å². The standard InChI is InChI=1S/C23H43O3PS.C16H35N/c1-6-10-18-27(19-11-7-2,20-12-8-3,21-13-9-4)26-28(24,25)23-16-14-22(5)15-17-23;1-2-3-4-5-6-7-8-9-10-11-12-13-14-15-16-17/h14-17H,6-13,18-21H2,1-5H3;2-17H2,1H3. The summed E-state index contributed by atoms with van der Waals surface area (Å²) in [6.45, 7) is 11.1. The van der Waals surface area contributed by atoms with Crippen molar-refractivity contribution in [1.29, 1.82) is 0 Å². The molecule has 0 saturated heterocycles. The summed E-state index contributed by atoms with van der Waals surface area (Å²) < 4.78 is 33.4. The average molecular weight is 672 g/mol. The van der Waals surface area contributed by atoms with Crippen LogP contribution < -0.4 is 5.73 Å². The van der Waals surface area contributed by atoms with E-state index in [1.165, 1.54) is 89.9 Å². The molecule has 0 aliphatic rings. The Kier molecular flexibility index (Phi) is 27.2. The Hall–Kier alpha value is -0.480. The van der Waals surface area contributed by atoms with Gasteiger partial charge in [0.25, 0.3) is 0 Å². The van der Waals surface area contributed by atoms with Crippen molar-refractivity contribution >= 4 is 16.9 Å². The van der Waals surface area contributed by atoms with Gasteiger partial charge < -0.3 is 5.73 Å². The van der Waals surface area contributed by atoms with Crippen LogP contribution in [0.3, 0.4) is 0 Å². The Balaban J connectivity index is 0.000000976. The van der Waals surface area contributed by atoms with Crippen LogP contribution in [0, 0.1) is 6.92 Å². The van der Waals surface area contributed by atoms with Crippen molar-refractivity contribution in [2.45, 2.75) is 188 Å². The Morgan fingerprint density at radius 1 is 0.511 bits per heavy atom. The van der Waals surface area contributed by atoms with Crippen molar-refractivity contribution in [2.24, 2.45) is 5.73 Å². The summed E-state index contributed by atoms with van der Waals surface area (Å²) in [7, 11) is -3.76. The second-order valence-electron chi connectivity index (χ2n) is 13.9. The zero-order valence-corrected chi connectivity index (χ0v) is 32.8. The Morgan fingerprint density at radius 3 is 1.13 bits per heavy atom. The molecule has 0 saturated carbocycles. The molecule has 0 radical (unpaired) electrons. The monoisotopic (exact) mass is 672 g/mol. The molecular weight excluding hydrogens is 593 g/mol. The number of hydrogen-bond acceptors (Lipinski definition) is 4. The normalized spacial score (nSPS) is 12.8. The van der Waals surface area contributed by atoms with Crippen LogP contribution in [0.2, 0.25) is 0 Å². The van der Waals surface area contributed by atoms with Crippen molar-refractivity contribution in [1.82, 2.24) is 0 Å². The van der Waals surface area contributed by atoms with E-state index in [1.807, 2.05) is 19.1 Å². The van der Waals surface area contributed by atoms with Crippen LogP contribution in [0.1, 0.15) is 181 Å². The molecule has 2 N–H and O–H groups in total. The summed E-state index contributed by atoms with van der Waals surface area (Å²) in [5, 5.41) is 0. The van der Waals surface area contributed by atoms with Crippen LogP contribution in [0.15, 0.2) is 29.2 Å². The molecule has 0 aliphatic heterocycles. The first-order valence-corrected chi connectivity index (χ1v) is 23.7. The van der Waals surface area contributed by atoms with Crippen LogP contribution in [0.4, 0.5) is 0 Å². The molecular formula is C39H78NO3PS. The average Bonchev–Trinajstić information content (AvgIpc) is 3.04. The first-order valence-electron chi connectivity index (χ1n) is 19.4. The molecule has 0 amide bonds. The number of aryl methyl sites for hydroxylation is 1. The first kappa shape index (κ1) is 44.5. The van der Waals surface area contributed by atoms with Crippen molar-refractivity contribution in [3.05, 3.63) is 29.8 Å². The van der Waals surface area contributed by atoms with Gasteiger partial charge in [-0.1, -0.05) is 90.4 Å². The molecule has 1 aromatic carbocycles. The van der Waals surface area contributed by atoms with Crippen molar-refractivity contribution in [3.8, 4) is 0 Å². The third-order valence-electron chi connectivity index (χ3n) is 9.49. The Bertz CT molecular complexity index is 846. The summed E-state index contributed by atoms with van der Waals surface area (Å²) in [6, 6.07) is 7.13. The van der Waals surface area contributed by atoms with Crippen molar-refractivity contribution < 1.29 is 12.4 Å². The molecule has 0 aliphatic carbocycles. The summed E-state index contributed by atoms with van der Waals surface area (Å²) in [5.74, 6) is 0. The van der Waals surface area contributed by atoms with E-state index in [0.717, 1.165) is 88.1 Å². The number of hydrogen-bond donors (Lipinski definition) is 1. The molecule has 45 heavy (non-hydrogen) atoms. The van der Waals surface area contributed by atoms with Gasteiger partial charge in [-0.05, 0) is 13.0 Å². The quantitative estimate of drug-likeness (QED) is 0.0680. The molecule has 0 heterocycles. The van der Waals surface area contributed by atoms with E-state index < -0.39 is 16.9 Å². The molecule has 0 aromatic heterocycles. The van der Waals surface area contributed by atoms with Gasteiger partial charge in [-0.15, -0.1) is 0 Å². The minimum atomic E-state index is -3.76. The predicted molar refractivity (Wildman–Crippen MR) is 205 cm³/mol. The maximum atomic E-state index is 13.4. The van der Waals surface area contributed by atoms with Gasteiger partial charge in [0.1, 0.15) is 0 Å². The molecule has 6 heteroatoms. The summed E-state index contributed by atoms with van der Waals surface area (Å²) in [6.07, 6.45) is 32.2. The van der Waals surface area contributed by atoms with E-state index >= 15 is 0 Å². The van der Waals surface area contributed by atoms with E-state index in [1.54, 1.807) is 12.1 Å². The maximum absolute atomic E-state index is 13.4. The SMILES string of the molecule is CCCCCCCCCCCCCCCCN.CCCCP(CCCC)(CCCC)(CCCC)OS(=O)(=O)c1ccc(C)cc1. The fraction of sp³-hybridized carbons (Fsp3) is 0.846.